The van der Waals surface area contributed by atoms with E-state index in [9.17, 15) is 0 Å². The Morgan fingerprint density at radius 1 is 1.53 bits per heavy atom. The Morgan fingerprint density at radius 2 is 2.41 bits per heavy atom. The summed E-state index contributed by atoms with van der Waals surface area (Å²) in [5.41, 5.74) is 1.32. The number of pyridine rings is 1. The summed E-state index contributed by atoms with van der Waals surface area (Å²) in [5.74, 6) is 0.736. The Hall–Kier alpha value is -0.930. The van der Waals surface area contributed by atoms with Crippen LogP contribution in [0.5, 0.6) is 0 Å². The molecule has 0 radical (unpaired) electrons. The fourth-order valence-corrected chi connectivity index (χ4v) is 2.69. The number of rotatable bonds is 4. The van der Waals surface area contributed by atoms with Crippen LogP contribution in [0.1, 0.15) is 25.8 Å². The van der Waals surface area contributed by atoms with E-state index in [1.54, 1.807) is 0 Å². The summed E-state index contributed by atoms with van der Waals surface area (Å²) in [5, 5.41) is 3.58. The molecule has 3 nitrogen and oxygen atoms in total. The van der Waals surface area contributed by atoms with Gasteiger partial charge in [-0.1, -0.05) is 19.9 Å². The molecule has 2 rings (SSSR count). The Morgan fingerprint density at radius 3 is 3.06 bits per heavy atom. The molecule has 0 aromatic carbocycles. The van der Waals surface area contributed by atoms with Gasteiger partial charge in [-0.3, -0.25) is 9.88 Å². The molecular formula is C14H23N3. The third-order valence-corrected chi connectivity index (χ3v) is 3.58. The summed E-state index contributed by atoms with van der Waals surface area (Å²) in [4.78, 5) is 6.71. The van der Waals surface area contributed by atoms with Crippen LogP contribution in [0.3, 0.4) is 0 Å². The quantitative estimate of drug-likeness (QED) is 0.861. The fraction of sp³-hybridized carbons (Fsp3) is 0.643. The van der Waals surface area contributed by atoms with Crippen molar-refractivity contribution in [1.82, 2.24) is 15.2 Å². The lowest BCUT2D eigenvalue weighted by molar-refractivity contribution is 0.142. The van der Waals surface area contributed by atoms with Gasteiger partial charge < -0.3 is 5.32 Å². The number of likely N-dealkylation sites (tertiary alicyclic amines) is 1. The highest BCUT2D eigenvalue weighted by atomic mass is 15.1. The molecular weight excluding hydrogens is 210 g/mol. The van der Waals surface area contributed by atoms with E-state index in [0.29, 0.717) is 6.04 Å². The Bertz CT molecular complexity index is 325. The Kier molecular flexibility index (Phi) is 4.51. The van der Waals surface area contributed by atoms with Crippen molar-refractivity contribution in [3.8, 4) is 0 Å². The fourth-order valence-electron chi connectivity index (χ4n) is 2.69. The van der Waals surface area contributed by atoms with Gasteiger partial charge in [-0.15, -0.1) is 0 Å². The minimum absolute atomic E-state index is 0.699. The smallest absolute Gasteiger partial charge is 0.0312 e. The Labute approximate surface area is 104 Å². The highest BCUT2D eigenvalue weighted by Crippen LogP contribution is 2.18. The zero-order chi connectivity index (χ0) is 12.1. The van der Waals surface area contributed by atoms with Crippen molar-refractivity contribution in [2.45, 2.75) is 32.9 Å². The van der Waals surface area contributed by atoms with Crippen molar-refractivity contribution in [2.75, 3.05) is 19.6 Å². The molecule has 1 aromatic heterocycles. The van der Waals surface area contributed by atoms with Crippen molar-refractivity contribution >= 4 is 0 Å². The van der Waals surface area contributed by atoms with Gasteiger partial charge in [-0.25, -0.2) is 0 Å². The zero-order valence-electron chi connectivity index (χ0n) is 10.9. The number of nitrogens with one attached hydrogen (secondary N) is 1. The maximum atomic E-state index is 4.17. The van der Waals surface area contributed by atoms with Crippen LogP contribution in [-0.2, 0) is 6.54 Å². The summed E-state index contributed by atoms with van der Waals surface area (Å²) in [6.45, 7) is 9.04. The number of piperidine rings is 1. The van der Waals surface area contributed by atoms with Crippen LogP contribution in [-0.4, -0.2) is 35.6 Å². The topological polar surface area (TPSA) is 28.2 Å². The van der Waals surface area contributed by atoms with E-state index in [0.717, 1.165) is 19.0 Å². The first-order valence-corrected chi connectivity index (χ1v) is 6.64. The molecule has 3 heteroatoms. The molecule has 0 amide bonds. The van der Waals surface area contributed by atoms with E-state index in [2.05, 4.69) is 35.1 Å². The number of aromatic nitrogens is 1. The van der Waals surface area contributed by atoms with Gasteiger partial charge in [0.1, 0.15) is 0 Å². The van der Waals surface area contributed by atoms with Crippen molar-refractivity contribution in [3.63, 3.8) is 0 Å². The highest BCUT2D eigenvalue weighted by Gasteiger charge is 2.24. The van der Waals surface area contributed by atoms with Crippen LogP contribution in [0.25, 0.3) is 0 Å². The summed E-state index contributed by atoms with van der Waals surface area (Å²) in [6, 6.07) is 4.88. The standard InChI is InChI=1S/C14H23N3/c1-3-16-14-6-8-17(10-12(14)2)11-13-5-4-7-15-9-13/h4-5,7,9,12,14,16H,3,6,8,10-11H2,1-2H3. The third kappa shape index (κ3) is 3.51. The normalized spacial score (nSPS) is 26.0. The monoisotopic (exact) mass is 233 g/mol. The number of nitrogens with zero attached hydrogens (tertiary/aromatic N) is 2. The van der Waals surface area contributed by atoms with Crippen LogP contribution in [0.15, 0.2) is 24.5 Å². The van der Waals surface area contributed by atoms with Crippen molar-refractivity contribution in [1.29, 1.82) is 0 Å². The van der Waals surface area contributed by atoms with Crippen molar-refractivity contribution < 1.29 is 0 Å². The molecule has 94 valence electrons. The molecule has 2 heterocycles. The van der Waals surface area contributed by atoms with Gasteiger partial charge >= 0.3 is 0 Å². The molecule has 2 atom stereocenters. The molecule has 0 spiro atoms. The van der Waals surface area contributed by atoms with E-state index < -0.39 is 0 Å². The van der Waals surface area contributed by atoms with E-state index in [4.69, 9.17) is 0 Å². The molecule has 0 bridgehead atoms. The Balaban J connectivity index is 1.85. The van der Waals surface area contributed by atoms with Crippen LogP contribution in [0.2, 0.25) is 0 Å². The van der Waals surface area contributed by atoms with Crippen LogP contribution in [0, 0.1) is 5.92 Å². The van der Waals surface area contributed by atoms with Gasteiger partial charge in [0.25, 0.3) is 0 Å². The van der Waals surface area contributed by atoms with Crippen LogP contribution < -0.4 is 5.32 Å². The van der Waals surface area contributed by atoms with E-state index in [1.165, 1.54) is 25.1 Å². The summed E-state index contributed by atoms with van der Waals surface area (Å²) in [7, 11) is 0. The first-order chi connectivity index (χ1) is 8.29. The summed E-state index contributed by atoms with van der Waals surface area (Å²) < 4.78 is 0. The highest BCUT2D eigenvalue weighted by molar-refractivity contribution is 5.08. The molecule has 0 aliphatic carbocycles. The van der Waals surface area contributed by atoms with E-state index in [-0.39, 0.29) is 0 Å². The lowest BCUT2D eigenvalue weighted by Crippen LogP contribution is -2.47. The van der Waals surface area contributed by atoms with Crippen molar-refractivity contribution in [2.24, 2.45) is 5.92 Å². The maximum absolute atomic E-state index is 4.17. The van der Waals surface area contributed by atoms with E-state index >= 15 is 0 Å². The second-order valence-corrected chi connectivity index (χ2v) is 5.03. The lowest BCUT2D eigenvalue weighted by atomic mass is 9.93. The molecule has 17 heavy (non-hydrogen) atoms. The average molecular weight is 233 g/mol. The lowest BCUT2D eigenvalue weighted by Gasteiger charge is -2.37. The first kappa shape index (κ1) is 12.5. The van der Waals surface area contributed by atoms with Gasteiger partial charge in [0.15, 0.2) is 0 Å². The molecule has 2 unspecified atom stereocenters. The average Bonchev–Trinajstić information content (AvgIpc) is 2.34. The SMILES string of the molecule is CCNC1CCN(Cc2cccnc2)CC1C. The van der Waals surface area contributed by atoms with Crippen LogP contribution >= 0.6 is 0 Å². The predicted molar refractivity (Wildman–Crippen MR) is 70.8 cm³/mol. The number of hydrogen-bond donors (Lipinski definition) is 1. The van der Waals surface area contributed by atoms with Crippen molar-refractivity contribution in [3.05, 3.63) is 30.1 Å². The van der Waals surface area contributed by atoms with Gasteiger partial charge in [0.05, 0.1) is 0 Å². The zero-order valence-corrected chi connectivity index (χ0v) is 10.9. The molecule has 1 fully saturated rings. The van der Waals surface area contributed by atoms with E-state index in [1.807, 2.05) is 18.5 Å². The largest absolute Gasteiger partial charge is 0.314 e. The van der Waals surface area contributed by atoms with Gasteiger partial charge in [-0.05, 0) is 37.1 Å². The van der Waals surface area contributed by atoms with Gasteiger partial charge in [-0.2, -0.15) is 0 Å². The number of hydrogen-bond acceptors (Lipinski definition) is 3. The minimum atomic E-state index is 0.699. The predicted octanol–water partition coefficient (Wildman–Crippen LogP) is 1.90. The molecule has 1 aromatic rings. The summed E-state index contributed by atoms with van der Waals surface area (Å²) in [6.07, 6.45) is 5.07. The second kappa shape index (κ2) is 6.12. The molecule has 1 saturated heterocycles. The molecule has 1 aliphatic rings. The minimum Gasteiger partial charge on any atom is -0.314 e. The van der Waals surface area contributed by atoms with Crippen LogP contribution in [0.4, 0.5) is 0 Å². The second-order valence-electron chi connectivity index (χ2n) is 5.03. The summed E-state index contributed by atoms with van der Waals surface area (Å²) >= 11 is 0. The molecule has 0 saturated carbocycles. The van der Waals surface area contributed by atoms with Gasteiger partial charge in [0, 0.05) is 31.5 Å². The van der Waals surface area contributed by atoms with Gasteiger partial charge in [0.2, 0.25) is 0 Å². The maximum Gasteiger partial charge on any atom is 0.0312 e. The first-order valence-electron chi connectivity index (χ1n) is 6.64. The third-order valence-electron chi connectivity index (χ3n) is 3.58. The molecule has 1 aliphatic heterocycles. The molecule has 1 N–H and O–H groups in total.